The molecule has 1 N–H and O–H groups in total. The van der Waals surface area contributed by atoms with Gasteiger partial charge in [-0.15, -0.1) is 0 Å². The van der Waals surface area contributed by atoms with Crippen molar-refractivity contribution in [2.45, 2.75) is 13.5 Å². The first-order valence-electron chi connectivity index (χ1n) is 5.21. The number of aromatic nitrogens is 1. The van der Waals surface area contributed by atoms with Crippen LogP contribution >= 0.6 is 27.5 Å². The molecule has 0 aliphatic carbocycles. The van der Waals surface area contributed by atoms with Gasteiger partial charge >= 0.3 is 0 Å². The molecular weight excluding hydrogens is 320 g/mol. The Kier molecular flexibility index (Phi) is 4.04. The Bertz CT molecular complexity index is 583. The van der Waals surface area contributed by atoms with E-state index in [0.29, 0.717) is 26.7 Å². The van der Waals surface area contributed by atoms with Crippen molar-refractivity contribution in [1.82, 2.24) is 10.3 Å². The highest BCUT2D eigenvalue weighted by Crippen LogP contribution is 2.21. The lowest BCUT2D eigenvalue weighted by atomic mass is 10.2. The maximum Gasteiger partial charge on any atom is 0.252 e. The summed E-state index contributed by atoms with van der Waals surface area (Å²) >= 11 is 9.15. The van der Waals surface area contributed by atoms with Crippen molar-refractivity contribution in [3.8, 4) is 0 Å². The van der Waals surface area contributed by atoms with Crippen LogP contribution in [0.5, 0.6) is 0 Å². The molecule has 0 saturated heterocycles. The summed E-state index contributed by atoms with van der Waals surface area (Å²) in [5.74, 6) is 0.947. The van der Waals surface area contributed by atoms with Gasteiger partial charge in [0.25, 0.3) is 5.91 Å². The molecule has 18 heavy (non-hydrogen) atoms. The highest BCUT2D eigenvalue weighted by molar-refractivity contribution is 9.10. The third kappa shape index (κ3) is 3.11. The second-order valence-corrected chi connectivity index (χ2v) is 4.96. The van der Waals surface area contributed by atoms with Gasteiger partial charge in [-0.1, -0.05) is 11.6 Å². The number of hydrogen-bond donors (Lipinski definition) is 1. The molecule has 0 radical (unpaired) electrons. The van der Waals surface area contributed by atoms with Crippen LogP contribution in [0.1, 0.15) is 22.0 Å². The minimum atomic E-state index is -0.236. The van der Waals surface area contributed by atoms with E-state index in [1.165, 1.54) is 0 Å². The zero-order chi connectivity index (χ0) is 13.1. The van der Waals surface area contributed by atoms with Crippen LogP contribution in [0.4, 0.5) is 0 Å². The first-order chi connectivity index (χ1) is 8.56. The Morgan fingerprint density at radius 1 is 1.56 bits per heavy atom. The maximum atomic E-state index is 11.9. The number of halogens is 2. The lowest BCUT2D eigenvalue weighted by Gasteiger charge is -2.05. The molecule has 1 aromatic carbocycles. The van der Waals surface area contributed by atoms with Gasteiger partial charge in [-0.25, -0.2) is 4.98 Å². The van der Waals surface area contributed by atoms with E-state index in [4.69, 9.17) is 16.0 Å². The molecule has 4 nitrogen and oxygen atoms in total. The molecule has 2 rings (SSSR count). The summed E-state index contributed by atoms with van der Waals surface area (Å²) in [5.41, 5.74) is 0.478. The second-order valence-electron chi connectivity index (χ2n) is 3.67. The van der Waals surface area contributed by atoms with Crippen molar-refractivity contribution in [1.29, 1.82) is 0 Å². The number of oxazole rings is 1. The molecule has 0 spiro atoms. The van der Waals surface area contributed by atoms with Crippen LogP contribution in [0, 0.1) is 6.92 Å². The van der Waals surface area contributed by atoms with Crippen LogP contribution < -0.4 is 5.32 Å². The second kappa shape index (κ2) is 5.54. The number of rotatable bonds is 3. The summed E-state index contributed by atoms with van der Waals surface area (Å²) < 4.78 is 5.95. The predicted octanol–water partition coefficient (Wildman–Crippen LogP) is 3.33. The van der Waals surface area contributed by atoms with Gasteiger partial charge in [-0.3, -0.25) is 4.79 Å². The van der Waals surface area contributed by atoms with Crippen molar-refractivity contribution in [2.24, 2.45) is 0 Å². The van der Waals surface area contributed by atoms with Crippen molar-refractivity contribution in [3.05, 3.63) is 51.1 Å². The van der Waals surface area contributed by atoms with Crippen molar-refractivity contribution < 1.29 is 9.21 Å². The summed E-state index contributed by atoms with van der Waals surface area (Å²) in [6, 6.07) is 5.04. The molecule has 0 fully saturated rings. The standard InChI is InChI=1S/C12H10BrClN2O2/c1-7-5-15-11(18-7)6-16-12(17)9-4-8(14)2-3-10(9)13/h2-5H,6H2,1H3,(H,16,17). The first kappa shape index (κ1) is 13.1. The van der Waals surface area contributed by atoms with Crippen LogP contribution in [0.25, 0.3) is 0 Å². The normalized spacial score (nSPS) is 10.4. The Morgan fingerprint density at radius 3 is 3.00 bits per heavy atom. The topological polar surface area (TPSA) is 55.1 Å². The Balaban J connectivity index is 2.05. The molecule has 0 saturated carbocycles. The molecule has 1 aromatic heterocycles. The Morgan fingerprint density at radius 2 is 2.33 bits per heavy atom. The fourth-order valence-corrected chi connectivity index (χ4v) is 2.00. The molecule has 2 aromatic rings. The molecule has 94 valence electrons. The fourth-order valence-electron chi connectivity index (χ4n) is 1.41. The Hall–Kier alpha value is -1.33. The number of hydrogen-bond acceptors (Lipinski definition) is 3. The van der Waals surface area contributed by atoms with E-state index in [9.17, 15) is 4.79 Å². The summed E-state index contributed by atoms with van der Waals surface area (Å²) in [5, 5.41) is 3.22. The number of benzene rings is 1. The van der Waals surface area contributed by atoms with E-state index in [-0.39, 0.29) is 12.5 Å². The van der Waals surface area contributed by atoms with Crippen LogP contribution in [-0.2, 0) is 6.54 Å². The SMILES string of the molecule is Cc1cnc(CNC(=O)c2cc(Cl)ccc2Br)o1. The van der Waals surface area contributed by atoms with Crippen LogP contribution in [0.3, 0.4) is 0 Å². The number of aryl methyl sites for hydroxylation is 1. The minimum Gasteiger partial charge on any atom is -0.444 e. The van der Waals surface area contributed by atoms with Gasteiger partial charge in [-0.05, 0) is 41.1 Å². The van der Waals surface area contributed by atoms with Gasteiger partial charge in [-0.2, -0.15) is 0 Å². The predicted molar refractivity (Wildman–Crippen MR) is 71.6 cm³/mol. The van der Waals surface area contributed by atoms with Gasteiger partial charge in [0.2, 0.25) is 5.89 Å². The smallest absolute Gasteiger partial charge is 0.252 e. The highest BCUT2D eigenvalue weighted by atomic mass is 79.9. The van der Waals surface area contributed by atoms with E-state index in [1.54, 1.807) is 31.3 Å². The average molecular weight is 330 g/mol. The van der Waals surface area contributed by atoms with E-state index in [1.807, 2.05) is 0 Å². The van der Waals surface area contributed by atoms with Gasteiger partial charge in [0.05, 0.1) is 18.3 Å². The lowest BCUT2D eigenvalue weighted by molar-refractivity contribution is 0.0946. The quantitative estimate of drug-likeness (QED) is 0.939. The largest absolute Gasteiger partial charge is 0.444 e. The molecule has 0 aliphatic rings. The number of amides is 1. The van der Waals surface area contributed by atoms with Crippen LogP contribution in [-0.4, -0.2) is 10.9 Å². The molecular formula is C12H10BrClN2O2. The fraction of sp³-hybridized carbons (Fsp3) is 0.167. The number of carbonyl (C=O) groups excluding carboxylic acids is 1. The van der Waals surface area contributed by atoms with E-state index < -0.39 is 0 Å². The van der Waals surface area contributed by atoms with E-state index in [0.717, 1.165) is 0 Å². The monoisotopic (exact) mass is 328 g/mol. The minimum absolute atomic E-state index is 0.236. The third-order valence-electron chi connectivity index (χ3n) is 2.24. The molecule has 6 heteroatoms. The van der Waals surface area contributed by atoms with Crippen molar-refractivity contribution in [2.75, 3.05) is 0 Å². The van der Waals surface area contributed by atoms with Gasteiger partial charge < -0.3 is 9.73 Å². The zero-order valence-corrected chi connectivity index (χ0v) is 11.9. The molecule has 1 heterocycles. The van der Waals surface area contributed by atoms with Gasteiger partial charge in [0, 0.05) is 9.50 Å². The number of carbonyl (C=O) groups is 1. The zero-order valence-electron chi connectivity index (χ0n) is 9.54. The summed E-state index contributed by atoms with van der Waals surface area (Å²) in [7, 11) is 0. The number of nitrogens with one attached hydrogen (secondary N) is 1. The molecule has 0 unspecified atom stereocenters. The van der Waals surface area contributed by atoms with Gasteiger partial charge in [0.15, 0.2) is 0 Å². The molecule has 0 atom stereocenters. The highest BCUT2D eigenvalue weighted by Gasteiger charge is 2.11. The van der Waals surface area contributed by atoms with Crippen LogP contribution in [0.2, 0.25) is 5.02 Å². The van der Waals surface area contributed by atoms with E-state index in [2.05, 4.69) is 26.2 Å². The summed E-state index contributed by atoms with van der Waals surface area (Å²) in [6.07, 6.45) is 1.61. The third-order valence-corrected chi connectivity index (χ3v) is 3.17. The van der Waals surface area contributed by atoms with Crippen molar-refractivity contribution in [3.63, 3.8) is 0 Å². The lowest BCUT2D eigenvalue weighted by Crippen LogP contribution is -2.23. The maximum absolute atomic E-state index is 11.9. The van der Waals surface area contributed by atoms with Crippen molar-refractivity contribution >= 4 is 33.4 Å². The van der Waals surface area contributed by atoms with Gasteiger partial charge in [0.1, 0.15) is 5.76 Å². The average Bonchev–Trinajstić information content (AvgIpc) is 2.75. The molecule has 0 aliphatic heterocycles. The molecule has 1 amide bonds. The number of nitrogens with zero attached hydrogens (tertiary/aromatic N) is 1. The molecule has 0 bridgehead atoms. The summed E-state index contributed by atoms with van der Waals surface area (Å²) in [4.78, 5) is 15.9. The van der Waals surface area contributed by atoms with Crippen LogP contribution in [0.15, 0.2) is 33.3 Å². The Labute approximate surface area is 117 Å². The first-order valence-corrected chi connectivity index (χ1v) is 6.38. The van der Waals surface area contributed by atoms with E-state index >= 15 is 0 Å². The summed E-state index contributed by atoms with van der Waals surface area (Å²) in [6.45, 7) is 2.04.